The van der Waals surface area contributed by atoms with E-state index in [0.717, 1.165) is 29.8 Å². The summed E-state index contributed by atoms with van der Waals surface area (Å²) in [5.41, 5.74) is 3.34. The molecule has 2 heterocycles. The van der Waals surface area contributed by atoms with Crippen LogP contribution in [0.1, 0.15) is 35.0 Å². The number of halogens is 1. The Labute approximate surface area is 151 Å². The minimum absolute atomic E-state index is 0.132. The highest BCUT2D eigenvalue weighted by atomic mass is 35.5. The monoisotopic (exact) mass is 354 g/mol. The molecule has 0 atom stereocenters. The van der Waals surface area contributed by atoms with Gasteiger partial charge in [0.25, 0.3) is 5.91 Å². The van der Waals surface area contributed by atoms with E-state index in [2.05, 4.69) is 22.3 Å². The van der Waals surface area contributed by atoms with Crippen LogP contribution in [0.15, 0.2) is 55.0 Å². The van der Waals surface area contributed by atoms with Crippen molar-refractivity contribution in [1.82, 2.24) is 20.1 Å². The van der Waals surface area contributed by atoms with Crippen LogP contribution in [0.4, 0.5) is 0 Å². The molecule has 3 aromatic rings. The van der Waals surface area contributed by atoms with Crippen molar-refractivity contribution in [3.63, 3.8) is 0 Å². The van der Waals surface area contributed by atoms with E-state index in [4.69, 9.17) is 11.6 Å². The number of rotatable bonds is 6. The van der Waals surface area contributed by atoms with Crippen molar-refractivity contribution in [2.24, 2.45) is 0 Å². The van der Waals surface area contributed by atoms with Crippen LogP contribution in [0.5, 0.6) is 0 Å². The van der Waals surface area contributed by atoms with E-state index in [-0.39, 0.29) is 5.91 Å². The quantitative estimate of drug-likeness (QED) is 0.732. The number of aromatic nitrogens is 3. The lowest BCUT2D eigenvalue weighted by Gasteiger charge is -2.10. The molecule has 0 aliphatic heterocycles. The third-order valence-electron chi connectivity index (χ3n) is 3.85. The van der Waals surface area contributed by atoms with Gasteiger partial charge in [0.05, 0.1) is 23.1 Å². The first-order chi connectivity index (χ1) is 12.2. The molecule has 0 saturated heterocycles. The topological polar surface area (TPSA) is 59.8 Å². The van der Waals surface area contributed by atoms with Crippen LogP contribution >= 0.6 is 11.6 Å². The fraction of sp³-hybridized carbons (Fsp3) is 0.211. The average molecular weight is 355 g/mol. The van der Waals surface area contributed by atoms with Crippen LogP contribution in [-0.2, 0) is 13.0 Å². The maximum Gasteiger partial charge on any atom is 0.255 e. The molecule has 0 bridgehead atoms. The van der Waals surface area contributed by atoms with Gasteiger partial charge in [-0.25, -0.2) is 4.68 Å². The summed E-state index contributed by atoms with van der Waals surface area (Å²) in [7, 11) is 0. The zero-order chi connectivity index (χ0) is 17.6. The van der Waals surface area contributed by atoms with Crippen molar-refractivity contribution in [3.8, 4) is 5.69 Å². The number of benzene rings is 1. The highest BCUT2D eigenvalue weighted by molar-refractivity contribution is 6.30. The molecule has 0 radical (unpaired) electrons. The number of amides is 1. The Bertz CT molecular complexity index is 844. The van der Waals surface area contributed by atoms with Gasteiger partial charge >= 0.3 is 0 Å². The third-order valence-corrected chi connectivity index (χ3v) is 4.10. The Morgan fingerprint density at radius 3 is 2.68 bits per heavy atom. The normalized spacial score (nSPS) is 10.6. The van der Waals surface area contributed by atoms with Gasteiger partial charge in [-0.1, -0.05) is 31.0 Å². The summed E-state index contributed by atoms with van der Waals surface area (Å²) < 4.78 is 1.80. The second kappa shape index (κ2) is 7.94. The number of carbonyl (C=O) groups excluding carboxylic acids is 1. The average Bonchev–Trinajstić information content (AvgIpc) is 3.05. The van der Waals surface area contributed by atoms with Crippen LogP contribution < -0.4 is 5.32 Å². The van der Waals surface area contributed by atoms with E-state index in [9.17, 15) is 4.79 Å². The van der Waals surface area contributed by atoms with Crippen molar-refractivity contribution in [2.45, 2.75) is 26.3 Å². The number of hydrogen-bond acceptors (Lipinski definition) is 3. The first-order valence-corrected chi connectivity index (χ1v) is 8.56. The molecule has 0 unspecified atom stereocenters. The Morgan fingerprint density at radius 2 is 2.00 bits per heavy atom. The second-order valence-corrected chi connectivity index (χ2v) is 6.12. The molecule has 1 aromatic carbocycles. The summed E-state index contributed by atoms with van der Waals surface area (Å²) >= 11 is 5.96. The molecule has 0 saturated carbocycles. The highest BCUT2D eigenvalue weighted by Gasteiger charge is 2.17. The predicted molar refractivity (Wildman–Crippen MR) is 98.0 cm³/mol. The molecule has 0 spiro atoms. The summed E-state index contributed by atoms with van der Waals surface area (Å²) in [4.78, 5) is 16.7. The lowest BCUT2D eigenvalue weighted by atomic mass is 10.1. The minimum Gasteiger partial charge on any atom is -0.348 e. The van der Waals surface area contributed by atoms with E-state index in [1.807, 2.05) is 36.4 Å². The summed E-state index contributed by atoms with van der Waals surface area (Å²) in [5.74, 6) is -0.132. The zero-order valence-electron chi connectivity index (χ0n) is 13.9. The molecular weight excluding hydrogens is 336 g/mol. The zero-order valence-corrected chi connectivity index (χ0v) is 14.7. The lowest BCUT2D eigenvalue weighted by molar-refractivity contribution is 0.0950. The minimum atomic E-state index is -0.132. The molecule has 5 nitrogen and oxygen atoms in total. The molecule has 0 aliphatic rings. The number of hydrogen-bond donors (Lipinski definition) is 1. The van der Waals surface area contributed by atoms with Crippen LogP contribution in [0.2, 0.25) is 5.02 Å². The first kappa shape index (κ1) is 17.2. The van der Waals surface area contributed by atoms with Crippen molar-refractivity contribution >= 4 is 17.5 Å². The van der Waals surface area contributed by atoms with Crippen molar-refractivity contribution in [2.75, 3.05) is 0 Å². The van der Waals surface area contributed by atoms with Gasteiger partial charge in [-0.05, 0) is 42.3 Å². The van der Waals surface area contributed by atoms with Crippen molar-refractivity contribution in [3.05, 3.63) is 76.8 Å². The standard InChI is InChI=1S/C19H19ClN4O/c1-2-4-18-17(19(25)22-12-14-5-3-10-21-11-14)13-23-24(18)16-8-6-15(20)7-9-16/h3,5-11,13H,2,4,12H2,1H3,(H,22,25). The second-order valence-electron chi connectivity index (χ2n) is 5.69. The van der Waals surface area contributed by atoms with Crippen LogP contribution in [-0.4, -0.2) is 20.7 Å². The fourth-order valence-electron chi connectivity index (χ4n) is 2.63. The van der Waals surface area contributed by atoms with Gasteiger partial charge in [0.1, 0.15) is 0 Å². The van der Waals surface area contributed by atoms with Crippen LogP contribution in [0, 0.1) is 0 Å². The van der Waals surface area contributed by atoms with Crippen molar-refractivity contribution in [1.29, 1.82) is 0 Å². The first-order valence-electron chi connectivity index (χ1n) is 8.19. The van der Waals surface area contributed by atoms with E-state index in [1.165, 1.54) is 0 Å². The Hall–Kier alpha value is -2.66. The van der Waals surface area contributed by atoms with Crippen LogP contribution in [0.25, 0.3) is 5.69 Å². The molecule has 128 valence electrons. The number of nitrogens with zero attached hydrogens (tertiary/aromatic N) is 3. The molecule has 25 heavy (non-hydrogen) atoms. The van der Waals surface area contributed by atoms with Gasteiger partial charge in [0.15, 0.2) is 0 Å². The molecular formula is C19H19ClN4O. The maximum atomic E-state index is 12.6. The Morgan fingerprint density at radius 1 is 1.20 bits per heavy atom. The molecule has 6 heteroatoms. The maximum absolute atomic E-state index is 12.6. The Balaban J connectivity index is 1.83. The van der Waals surface area contributed by atoms with Crippen LogP contribution in [0.3, 0.4) is 0 Å². The largest absolute Gasteiger partial charge is 0.348 e. The fourth-order valence-corrected chi connectivity index (χ4v) is 2.75. The number of pyridine rings is 1. The molecule has 1 amide bonds. The summed E-state index contributed by atoms with van der Waals surface area (Å²) in [5, 5.41) is 8.01. The van der Waals surface area contributed by atoms with E-state index in [1.54, 1.807) is 23.3 Å². The van der Waals surface area contributed by atoms with Crippen molar-refractivity contribution < 1.29 is 4.79 Å². The van der Waals surface area contributed by atoms with E-state index < -0.39 is 0 Å². The molecule has 1 N–H and O–H groups in total. The molecule has 2 aromatic heterocycles. The summed E-state index contributed by atoms with van der Waals surface area (Å²) in [6, 6.07) is 11.2. The SMILES string of the molecule is CCCc1c(C(=O)NCc2cccnc2)cnn1-c1ccc(Cl)cc1. The molecule has 3 rings (SSSR count). The van der Waals surface area contributed by atoms with Gasteiger partial charge in [-0.3, -0.25) is 9.78 Å². The third kappa shape index (κ3) is 4.06. The van der Waals surface area contributed by atoms with E-state index in [0.29, 0.717) is 17.1 Å². The van der Waals surface area contributed by atoms with Gasteiger partial charge < -0.3 is 5.32 Å². The summed E-state index contributed by atoms with van der Waals surface area (Å²) in [6.45, 7) is 2.51. The van der Waals surface area contributed by atoms with Gasteiger partial charge in [-0.15, -0.1) is 0 Å². The predicted octanol–water partition coefficient (Wildman–Crippen LogP) is 3.80. The lowest BCUT2D eigenvalue weighted by Crippen LogP contribution is -2.24. The molecule has 0 fully saturated rings. The Kier molecular flexibility index (Phi) is 5.46. The van der Waals surface area contributed by atoms with Gasteiger partial charge in [0, 0.05) is 24.0 Å². The van der Waals surface area contributed by atoms with Gasteiger partial charge in [0.2, 0.25) is 0 Å². The highest BCUT2D eigenvalue weighted by Crippen LogP contribution is 2.19. The smallest absolute Gasteiger partial charge is 0.255 e. The summed E-state index contributed by atoms with van der Waals surface area (Å²) in [6.07, 6.45) is 6.75. The number of carbonyl (C=O) groups is 1. The molecule has 0 aliphatic carbocycles. The van der Waals surface area contributed by atoms with E-state index >= 15 is 0 Å². The van der Waals surface area contributed by atoms with Gasteiger partial charge in [-0.2, -0.15) is 5.10 Å². The number of nitrogens with one attached hydrogen (secondary N) is 1.